The van der Waals surface area contributed by atoms with Crippen molar-refractivity contribution in [1.29, 1.82) is 0 Å². The van der Waals surface area contributed by atoms with Gasteiger partial charge in [-0.2, -0.15) is 0 Å². The molecule has 4 nitrogen and oxygen atoms in total. The van der Waals surface area contributed by atoms with Crippen molar-refractivity contribution >= 4 is 0 Å². The van der Waals surface area contributed by atoms with Gasteiger partial charge in [0, 0.05) is 19.0 Å². The molecule has 0 saturated carbocycles. The van der Waals surface area contributed by atoms with Gasteiger partial charge in [-0.15, -0.1) is 0 Å². The fraction of sp³-hybridized carbons (Fsp3) is 0.400. The Labute approximate surface area is 147 Å². The van der Waals surface area contributed by atoms with E-state index in [4.69, 9.17) is 4.74 Å². The lowest BCUT2D eigenvalue weighted by Crippen LogP contribution is -2.42. The Kier molecular flexibility index (Phi) is 5.56. The second kappa shape index (κ2) is 7.85. The summed E-state index contributed by atoms with van der Waals surface area (Å²) in [6, 6.07) is 11.8. The number of nitrogens with zero attached hydrogens (tertiary/aromatic N) is 1. The van der Waals surface area contributed by atoms with Crippen LogP contribution in [0.4, 0.5) is 4.39 Å². The minimum atomic E-state index is -0.484. The lowest BCUT2D eigenvalue weighted by Gasteiger charge is -2.36. The van der Waals surface area contributed by atoms with E-state index in [0.29, 0.717) is 25.4 Å². The molecule has 25 heavy (non-hydrogen) atoms. The van der Waals surface area contributed by atoms with Gasteiger partial charge in [0.05, 0.1) is 12.7 Å². The Morgan fingerprint density at radius 2 is 1.96 bits per heavy atom. The smallest absolute Gasteiger partial charge is 0.161 e. The quantitative estimate of drug-likeness (QED) is 0.873. The molecule has 2 atom stereocenters. The standard InChI is InChI=1S/C20H24FNO3/c1-2-25-20-11-14(3-8-18(20)23)12-22-10-9-17(19(24)13-22)15-4-6-16(21)7-5-15/h3-8,11,17,19,23-24H,2,9-10,12-13H2,1H3/t17-,19+/m0/s1. The number of benzene rings is 2. The van der Waals surface area contributed by atoms with Crippen molar-refractivity contribution in [3.63, 3.8) is 0 Å². The molecule has 0 aliphatic carbocycles. The minimum Gasteiger partial charge on any atom is -0.504 e. The molecule has 1 heterocycles. The maximum absolute atomic E-state index is 13.1. The van der Waals surface area contributed by atoms with Crippen LogP contribution in [0.2, 0.25) is 0 Å². The number of halogens is 1. The first kappa shape index (κ1) is 17.7. The van der Waals surface area contributed by atoms with Crippen LogP contribution in [0.15, 0.2) is 42.5 Å². The number of hydrogen-bond donors (Lipinski definition) is 2. The van der Waals surface area contributed by atoms with E-state index >= 15 is 0 Å². The molecule has 2 aromatic rings. The number of aromatic hydroxyl groups is 1. The number of hydrogen-bond acceptors (Lipinski definition) is 4. The minimum absolute atomic E-state index is 0.0376. The van der Waals surface area contributed by atoms with Gasteiger partial charge in [0.1, 0.15) is 5.82 Å². The summed E-state index contributed by atoms with van der Waals surface area (Å²) >= 11 is 0. The zero-order valence-electron chi connectivity index (χ0n) is 14.4. The van der Waals surface area contributed by atoms with Gasteiger partial charge in [-0.25, -0.2) is 4.39 Å². The van der Waals surface area contributed by atoms with Crippen LogP contribution in [-0.2, 0) is 6.54 Å². The number of phenolic OH excluding ortho intramolecular Hbond substituents is 1. The molecule has 1 saturated heterocycles. The Balaban J connectivity index is 1.63. The fourth-order valence-corrected chi connectivity index (χ4v) is 3.43. The average Bonchev–Trinajstić information content (AvgIpc) is 2.59. The summed E-state index contributed by atoms with van der Waals surface area (Å²) in [6.07, 6.45) is 0.339. The highest BCUT2D eigenvalue weighted by Crippen LogP contribution is 2.31. The average molecular weight is 345 g/mol. The molecule has 0 amide bonds. The van der Waals surface area contributed by atoms with E-state index in [0.717, 1.165) is 24.1 Å². The summed E-state index contributed by atoms with van der Waals surface area (Å²) in [4.78, 5) is 2.19. The van der Waals surface area contributed by atoms with E-state index in [-0.39, 0.29) is 17.5 Å². The van der Waals surface area contributed by atoms with E-state index in [1.165, 1.54) is 12.1 Å². The third-order valence-corrected chi connectivity index (χ3v) is 4.69. The predicted molar refractivity (Wildman–Crippen MR) is 94.3 cm³/mol. The van der Waals surface area contributed by atoms with Crippen LogP contribution < -0.4 is 4.74 Å². The Morgan fingerprint density at radius 3 is 2.64 bits per heavy atom. The van der Waals surface area contributed by atoms with Crippen LogP contribution >= 0.6 is 0 Å². The number of rotatable bonds is 5. The van der Waals surface area contributed by atoms with Crippen LogP contribution in [0.3, 0.4) is 0 Å². The van der Waals surface area contributed by atoms with Crippen molar-refractivity contribution in [2.75, 3.05) is 19.7 Å². The Hall–Kier alpha value is -2.11. The van der Waals surface area contributed by atoms with Gasteiger partial charge in [-0.3, -0.25) is 4.90 Å². The molecule has 1 aliphatic rings. The maximum Gasteiger partial charge on any atom is 0.161 e. The van der Waals surface area contributed by atoms with Crippen LogP contribution in [0, 0.1) is 5.82 Å². The van der Waals surface area contributed by atoms with Gasteiger partial charge in [-0.05, 0) is 55.3 Å². The third kappa shape index (κ3) is 4.30. The zero-order valence-corrected chi connectivity index (χ0v) is 14.4. The lowest BCUT2D eigenvalue weighted by atomic mass is 9.87. The van der Waals surface area contributed by atoms with Gasteiger partial charge in [0.25, 0.3) is 0 Å². The Bertz CT molecular complexity index is 705. The molecular formula is C20H24FNO3. The van der Waals surface area contributed by atoms with Gasteiger partial charge in [-0.1, -0.05) is 18.2 Å². The summed E-state index contributed by atoms with van der Waals surface area (Å²) in [6.45, 7) is 4.48. The van der Waals surface area contributed by atoms with Crippen LogP contribution in [0.25, 0.3) is 0 Å². The van der Waals surface area contributed by atoms with Crippen molar-refractivity contribution in [2.45, 2.75) is 31.9 Å². The first-order valence-corrected chi connectivity index (χ1v) is 8.67. The molecule has 0 spiro atoms. The molecule has 0 bridgehead atoms. The van der Waals surface area contributed by atoms with Gasteiger partial charge < -0.3 is 14.9 Å². The van der Waals surface area contributed by atoms with E-state index in [9.17, 15) is 14.6 Å². The van der Waals surface area contributed by atoms with Crippen molar-refractivity contribution < 1.29 is 19.3 Å². The molecule has 0 radical (unpaired) electrons. The highest BCUT2D eigenvalue weighted by Gasteiger charge is 2.28. The third-order valence-electron chi connectivity index (χ3n) is 4.69. The largest absolute Gasteiger partial charge is 0.504 e. The molecule has 2 aromatic carbocycles. The number of piperidine rings is 1. The molecule has 134 valence electrons. The molecule has 1 aliphatic heterocycles. The van der Waals surface area contributed by atoms with Crippen molar-refractivity contribution in [2.24, 2.45) is 0 Å². The summed E-state index contributed by atoms with van der Waals surface area (Å²) in [5.74, 6) is 0.408. The first-order chi connectivity index (χ1) is 12.1. The van der Waals surface area contributed by atoms with Crippen LogP contribution in [0.5, 0.6) is 11.5 Å². The second-order valence-corrected chi connectivity index (χ2v) is 6.48. The molecule has 2 N–H and O–H groups in total. The molecular weight excluding hydrogens is 321 g/mol. The monoisotopic (exact) mass is 345 g/mol. The number of aliphatic hydroxyl groups is 1. The molecule has 5 heteroatoms. The topological polar surface area (TPSA) is 52.9 Å². The fourth-order valence-electron chi connectivity index (χ4n) is 3.43. The van der Waals surface area contributed by atoms with Crippen molar-refractivity contribution in [3.8, 4) is 11.5 Å². The summed E-state index contributed by atoms with van der Waals surface area (Å²) in [7, 11) is 0. The normalized spacial score (nSPS) is 21.2. The highest BCUT2D eigenvalue weighted by molar-refractivity contribution is 5.41. The van der Waals surface area contributed by atoms with Gasteiger partial charge >= 0.3 is 0 Å². The van der Waals surface area contributed by atoms with Gasteiger partial charge in [0.2, 0.25) is 0 Å². The van der Waals surface area contributed by atoms with E-state index in [2.05, 4.69) is 4.90 Å². The number of phenols is 1. The number of β-amino-alcohol motifs (C(OH)–C–C–N with tert-alkyl or cyclic N) is 1. The zero-order chi connectivity index (χ0) is 17.8. The van der Waals surface area contributed by atoms with Crippen LogP contribution in [0.1, 0.15) is 30.4 Å². The van der Waals surface area contributed by atoms with E-state index < -0.39 is 6.10 Å². The summed E-state index contributed by atoms with van der Waals surface area (Å²) < 4.78 is 18.5. The van der Waals surface area contributed by atoms with Crippen LogP contribution in [-0.4, -0.2) is 40.9 Å². The number of ether oxygens (including phenoxy) is 1. The number of likely N-dealkylation sites (tertiary alicyclic amines) is 1. The lowest BCUT2D eigenvalue weighted by molar-refractivity contribution is 0.0476. The van der Waals surface area contributed by atoms with Crippen molar-refractivity contribution in [1.82, 2.24) is 4.90 Å². The highest BCUT2D eigenvalue weighted by atomic mass is 19.1. The molecule has 3 rings (SSSR count). The number of aliphatic hydroxyl groups excluding tert-OH is 1. The van der Waals surface area contributed by atoms with Crippen molar-refractivity contribution in [3.05, 3.63) is 59.4 Å². The predicted octanol–water partition coefficient (Wildman–Crippen LogP) is 3.28. The molecule has 0 unspecified atom stereocenters. The summed E-state index contributed by atoms with van der Waals surface area (Å²) in [5, 5.41) is 20.3. The first-order valence-electron chi connectivity index (χ1n) is 8.67. The second-order valence-electron chi connectivity index (χ2n) is 6.48. The SMILES string of the molecule is CCOc1cc(CN2CC[C@@H](c3ccc(F)cc3)[C@H](O)C2)ccc1O. The van der Waals surface area contributed by atoms with Gasteiger partial charge in [0.15, 0.2) is 11.5 Å². The Morgan fingerprint density at radius 1 is 1.20 bits per heavy atom. The van der Waals surface area contributed by atoms with E-state index in [1.807, 2.05) is 19.1 Å². The molecule has 0 aromatic heterocycles. The molecule has 1 fully saturated rings. The summed E-state index contributed by atoms with van der Waals surface area (Å²) in [5.41, 5.74) is 2.02. The van der Waals surface area contributed by atoms with E-state index in [1.54, 1.807) is 18.2 Å². The maximum atomic E-state index is 13.1.